The van der Waals surface area contributed by atoms with Crippen molar-refractivity contribution in [3.63, 3.8) is 0 Å². The van der Waals surface area contributed by atoms with Gasteiger partial charge in [0.15, 0.2) is 0 Å². The van der Waals surface area contributed by atoms with Gasteiger partial charge in [0, 0.05) is 32.1 Å². The molecule has 1 saturated heterocycles. The quantitative estimate of drug-likeness (QED) is 0.888. The van der Waals surface area contributed by atoms with Crippen LogP contribution in [0.15, 0.2) is 24.5 Å². The molecule has 1 aliphatic rings. The molecule has 2 heterocycles. The van der Waals surface area contributed by atoms with E-state index >= 15 is 0 Å². The largest absolute Gasteiger partial charge is 0.487 e. The molecular weight excluding hydrogens is 282 g/mol. The molecule has 0 aliphatic carbocycles. The number of nitrogens with zero attached hydrogens (tertiary/aromatic N) is 2. The number of aromatic nitrogens is 1. The van der Waals surface area contributed by atoms with Crippen LogP contribution in [-0.2, 0) is 9.59 Å². The summed E-state index contributed by atoms with van der Waals surface area (Å²) in [7, 11) is 0. The van der Waals surface area contributed by atoms with E-state index in [1.807, 2.05) is 19.1 Å². The Morgan fingerprint density at radius 1 is 1.45 bits per heavy atom. The van der Waals surface area contributed by atoms with Gasteiger partial charge in [-0.05, 0) is 31.9 Å². The Morgan fingerprint density at radius 2 is 2.18 bits per heavy atom. The van der Waals surface area contributed by atoms with E-state index in [4.69, 9.17) is 4.74 Å². The first-order valence-electron chi connectivity index (χ1n) is 7.66. The zero-order valence-electron chi connectivity index (χ0n) is 13.1. The molecule has 1 atom stereocenters. The van der Waals surface area contributed by atoms with Crippen LogP contribution in [0, 0.1) is 5.92 Å². The Balaban J connectivity index is 1.70. The lowest BCUT2D eigenvalue weighted by molar-refractivity contribution is -0.134. The number of ether oxygens (including phenoxy) is 1. The molecule has 1 aromatic heterocycles. The number of amides is 2. The molecule has 1 fully saturated rings. The fraction of sp³-hybridized carbons (Fsp3) is 0.562. The van der Waals surface area contributed by atoms with Crippen LogP contribution in [0.1, 0.15) is 26.7 Å². The monoisotopic (exact) mass is 305 g/mol. The summed E-state index contributed by atoms with van der Waals surface area (Å²) in [6.45, 7) is 5.26. The van der Waals surface area contributed by atoms with Crippen LogP contribution in [0.25, 0.3) is 0 Å². The molecule has 2 amide bonds. The summed E-state index contributed by atoms with van der Waals surface area (Å²) in [5, 5.41) is 2.93. The van der Waals surface area contributed by atoms with Gasteiger partial charge in [-0.2, -0.15) is 0 Å². The average Bonchev–Trinajstić information content (AvgIpc) is 2.53. The minimum absolute atomic E-state index is 0.0128. The van der Waals surface area contributed by atoms with Crippen molar-refractivity contribution >= 4 is 11.8 Å². The second-order valence-corrected chi connectivity index (χ2v) is 5.64. The fourth-order valence-electron chi connectivity index (χ4n) is 2.54. The van der Waals surface area contributed by atoms with Gasteiger partial charge in [-0.1, -0.05) is 0 Å². The second-order valence-electron chi connectivity index (χ2n) is 5.64. The average molecular weight is 305 g/mol. The van der Waals surface area contributed by atoms with Crippen LogP contribution in [0.3, 0.4) is 0 Å². The minimum Gasteiger partial charge on any atom is -0.487 e. The van der Waals surface area contributed by atoms with Gasteiger partial charge >= 0.3 is 0 Å². The first-order valence-corrected chi connectivity index (χ1v) is 7.66. The predicted molar refractivity (Wildman–Crippen MR) is 82.3 cm³/mol. The van der Waals surface area contributed by atoms with E-state index < -0.39 is 0 Å². The highest BCUT2D eigenvalue weighted by atomic mass is 16.5. The van der Waals surface area contributed by atoms with E-state index in [9.17, 15) is 9.59 Å². The molecule has 2 rings (SSSR count). The second kappa shape index (κ2) is 7.77. The third-order valence-corrected chi connectivity index (χ3v) is 3.85. The van der Waals surface area contributed by atoms with Gasteiger partial charge in [0.25, 0.3) is 0 Å². The summed E-state index contributed by atoms with van der Waals surface area (Å²) >= 11 is 0. The maximum atomic E-state index is 12.1. The zero-order chi connectivity index (χ0) is 15.9. The Morgan fingerprint density at radius 3 is 2.77 bits per heavy atom. The number of rotatable bonds is 5. The van der Waals surface area contributed by atoms with Gasteiger partial charge in [0.2, 0.25) is 11.8 Å². The lowest BCUT2D eigenvalue weighted by atomic mass is 9.96. The van der Waals surface area contributed by atoms with Crippen LogP contribution in [0.4, 0.5) is 0 Å². The summed E-state index contributed by atoms with van der Waals surface area (Å²) in [5.74, 6) is 0.808. The van der Waals surface area contributed by atoms with Crippen molar-refractivity contribution in [3.05, 3.63) is 24.5 Å². The Bertz CT molecular complexity index is 499. The van der Waals surface area contributed by atoms with Crippen molar-refractivity contribution in [3.8, 4) is 5.75 Å². The summed E-state index contributed by atoms with van der Waals surface area (Å²) in [6, 6.07) is 3.65. The van der Waals surface area contributed by atoms with Crippen LogP contribution in [-0.4, -0.2) is 47.4 Å². The van der Waals surface area contributed by atoms with Gasteiger partial charge in [-0.25, -0.2) is 0 Å². The van der Waals surface area contributed by atoms with E-state index in [0.717, 1.165) is 12.8 Å². The maximum Gasteiger partial charge on any atom is 0.223 e. The molecule has 1 aromatic rings. The lowest BCUT2D eigenvalue weighted by Gasteiger charge is -2.30. The molecule has 0 bridgehead atoms. The predicted octanol–water partition coefficient (Wildman–Crippen LogP) is 1.22. The molecule has 6 heteroatoms. The number of pyridine rings is 1. The first-order chi connectivity index (χ1) is 10.6. The number of hydrogen-bond donors (Lipinski definition) is 1. The third-order valence-electron chi connectivity index (χ3n) is 3.85. The van der Waals surface area contributed by atoms with Crippen molar-refractivity contribution in [1.82, 2.24) is 15.2 Å². The van der Waals surface area contributed by atoms with Crippen molar-refractivity contribution in [2.75, 3.05) is 19.6 Å². The Kier molecular flexibility index (Phi) is 5.75. The van der Waals surface area contributed by atoms with E-state index in [2.05, 4.69) is 10.3 Å². The Labute approximate surface area is 130 Å². The van der Waals surface area contributed by atoms with Crippen molar-refractivity contribution in [2.24, 2.45) is 5.92 Å². The smallest absolute Gasteiger partial charge is 0.223 e. The molecule has 0 radical (unpaired) electrons. The molecule has 6 nitrogen and oxygen atoms in total. The van der Waals surface area contributed by atoms with Gasteiger partial charge < -0.3 is 15.0 Å². The van der Waals surface area contributed by atoms with Crippen LogP contribution >= 0.6 is 0 Å². The van der Waals surface area contributed by atoms with E-state index in [1.165, 1.54) is 0 Å². The lowest BCUT2D eigenvalue weighted by Crippen LogP contribution is -2.44. The van der Waals surface area contributed by atoms with Crippen molar-refractivity contribution in [1.29, 1.82) is 0 Å². The number of hydrogen-bond acceptors (Lipinski definition) is 4. The number of piperidine rings is 1. The topological polar surface area (TPSA) is 71.5 Å². The molecule has 0 saturated carbocycles. The third kappa shape index (κ3) is 4.72. The molecule has 22 heavy (non-hydrogen) atoms. The summed E-state index contributed by atoms with van der Waals surface area (Å²) < 4.78 is 5.67. The van der Waals surface area contributed by atoms with Crippen molar-refractivity contribution < 1.29 is 14.3 Å². The minimum atomic E-state index is -0.120. The number of nitrogens with one attached hydrogen (secondary N) is 1. The molecular formula is C16H23N3O3. The van der Waals surface area contributed by atoms with Gasteiger partial charge in [0.05, 0.1) is 12.7 Å². The van der Waals surface area contributed by atoms with Crippen LogP contribution in [0.2, 0.25) is 0 Å². The maximum absolute atomic E-state index is 12.1. The fourth-order valence-corrected chi connectivity index (χ4v) is 2.54. The normalized spacial score (nSPS) is 16.9. The molecule has 120 valence electrons. The van der Waals surface area contributed by atoms with Gasteiger partial charge in [-0.15, -0.1) is 0 Å². The SMILES string of the molecule is CC(=O)N1CCC(C(=O)NC[C@H](C)Oc2cccnc2)CC1. The van der Waals surface area contributed by atoms with Gasteiger partial charge in [-0.3, -0.25) is 14.6 Å². The standard InChI is InChI=1S/C16H23N3O3/c1-12(22-15-4-3-7-17-11-15)10-18-16(21)14-5-8-19(9-6-14)13(2)20/h3-4,7,11-12,14H,5-6,8-10H2,1-2H3,(H,18,21)/t12-/m0/s1. The summed E-state index contributed by atoms with van der Waals surface area (Å²) in [6.07, 6.45) is 4.67. The molecule has 0 aromatic carbocycles. The molecule has 1 aliphatic heterocycles. The highest BCUT2D eigenvalue weighted by Gasteiger charge is 2.26. The highest BCUT2D eigenvalue weighted by molar-refractivity contribution is 5.79. The Hall–Kier alpha value is -2.11. The zero-order valence-corrected chi connectivity index (χ0v) is 13.1. The number of likely N-dealkylation sites (tertiary alicyclic amines) is 1. The van der Waals surface area contributed by atoms with Gasteiger partial charge in [0.1, 0.15) is 11.9 Å². The van der Waals surface area contributed by atoms with Crippen LogP contribution < -0.4 is 10.1 Å². The van der Waals surface area contributed by atoms with Crippen molar-refractivity contribution in [2.45, 2.75) is 32.8 Å². The number of carbonyl (C=O) groups is 2. The van der Waals surface area contributed by atoms with E-state index in [1.54, 1.807) is 24.2 Å². The van der Waals surface area contributed by atoms with Crippen LogP contribution in [0.5, 0.6) is 5.75 Å². The van der Waals surface area contributed by atoms with E-state index in [-0.39, 0.29) is 23.8 Å². The molecule has 0 unspecified atom stereocenters. The van der Waals surface area contributed by atoms with E-state index in [0.29, 0.717) is 25.4 Å². The number of carbonyl (C=O) groups excluding carboxylic acids is 2. The summed E-state index contributed by atoms with van der Waals surface area (Å²) in [4.78, 5) is 29.2. The molecule has 0 spiro atoms. The highest BCUT2D eigenvalue weighted by Crippen LogP contribution is 2.17. The summed E-state index contributed by atoms with van der Waals surface area (Å²) in [5.41, 5.74) is 0. The molecule has 1 N–H and O–H groups in total. The first kappa shape index (κ1) is 16.3.